The first-order chi connectivity index (χ1) is 11.4. The maximum Gasteiger partial charge on any atom is 0.269 e. The van der Waals surface area contributed by atoms with Gasteiger partial charge in [-0.1, -0.05) is 36.0 Å². The largest absolute Gasteiger partial charge is 0.301 e. The molecule has 130 valence electrons. The molecule has 1 heterocycles. The molecule has 0 radical (unpaired) electrons. The van der Waals surface area contributed by atoms with Crippen molar-refractivity contribution in [1.82, 2.24) is 14.9 Å². The fraction of sp³-hybridized carbons (Fsp3) is 0.357. The highest BCUT2D eigenvalue weighted by Crippen LogP contribution is 2.20. The Hall–Kier alpha value is -1.49. The van der Waals surface area contributed by atoms with E-state index in [-0.39, 0.29) is 28.3 Å². The van der Waals surface area contributed by atoms with E-state index < -0.39 is 10.0 Å². The minimum atomic E-state index is -3.71. The van der Waals surface area contributed by atoms with E-state index in [1.165, 1.54) is 5.56 Å². The van der Waals surface area contributed by atoms with Crippen LogP contribution in [0.4, 0.5) is 5.13 Å². The lowest BCUT2D eigenvalue weighted by molar-refractivity contribution is -0.115. The van der Waals surface area contributed by atoms with Crippen LogP contribution in [-0.4, -0.2) is 36.8 Å². The molecule has 2 aromatic rings. The summed E-state index contributed by atoms with van der Waals surface area (Å²) in [7, 11) is -3.71. The Labute approximate surface area is 149 Å². The molecule has 0 atom stereocenters. The van der Waals surface area contributed by atoms with E-state index in [1.54, 1.807) is 18.7 Å². The van der Waals surface area contributed by atoms with Crippen molar-refractivity contribution in [3.8, 4) is 0 Å². The number of hydrogen-bond donors (Lipinski definition) is 2. The number of nitrogens with one attached hydrogen (secondary N) is 2. The third-order valence-corrected chi connectivity index (χ3v) is 6.57. The lowest BCUT2D eigenvalue weighted by Gasteiger charge is -2.04. The molecule has 0 unspecified atom stereocenters. The second-order valence-corrected chi connectivity index (χ2v) is 8.92. The quantitative estimate of drug-likeness (QED) is 0.410. The Morgan fingerprint density at radius 2 is 1.96 bits per heavy atom. The molecule has 0 aliphatic carbocycles. The fourth-order valence-corrected chi connectivity index (χ4v) is 4.50. The minimum Gasteiger partial charge on any atom is -0.301 e. The van der Waals surface area contributed by atoms with Crippen LogP contribution in [0.1, 0.15) is 18.9 Å². The summed E-state index contributed by atoms with van der Waals surface area (Å²) in [5, 5.41) is 9.95. The zero-order chi connectivity index (χ0) is 17.6. The average Bonchev–Trinajstić information content (AvgIpc) is 3.02. The third-order valence-electron chi connectivity index (χ3n) is 2.89. The van der Waals surface area contributed by atoms with Crippen LogP contribution < -0.4 is 10.0 Å². The molecule has 2 rings (SSSR count). The maximum atomic E-state index is 12.1. The number of hydrogen-bond acceptors (Lipinski definition) is 7. The Balaban J connectivity index is 1.84. The second kappa shape index (κ2) is 8.56. The molecule has 0 saturated carbocycles. The van der Waals surface area contributed by atoms with Gasteiger partial charge < -0.3 is 5.32 Å². The summed E-state index contributed by atoms with van der Waals surface area (Å²) in [6, 6.07) is 8.03. The van der Waals surface area contributed by atoms with Gasteiger partial charge in [-0.25, -0.2) is 13.1 Å². The predicted molar refractivity (Wildman–Crippen MR) is 95.9 cm³/mol. The van der Waals surface area contributed by atoms with Gasteiger partial charge in [0.2, 0.25) is 15.4 Å². The summed E-state index contributed by atoms with van der Waals surface area (Å²) < 4.78 is 26.6. The maximum absolute atomic E-state index is 12.1. The lowest BCUT2D eigenvalue weighted by atomic mass is 10.2. The summed E-state index contributed by atoms with van der Waals surface area (Å²) >= 11 is 2.39. The second-order valence-electron chi connectivity index (χ2n) is 4.83. The molecular weight excluding hydrogens is 368 g/mol. The molecular formula is C14H18N4O3S3. The monoisotopic (exact) mass is 386 g/mol. The molecule has 1 aromatic heterocycles. The van der Waals surface area contributed by atoms with E-state index in [4.69, 9.17) is 0 Å². The number of carbonyl (C=O) groups is 1. The van der Waals surface area contributed by atoms with Crippen LogP contribution >= 0.6 is 23.1 Å². The molecule has 2 N–H and O–H groups in total. The van der Waals surface area contributed by atoms with Crippen LogP contribution in [0, 0.1) is 6.92 Å². The highest BCUT2D eigenvalue weighted by atomic mass is 32.2. The summed E-state index contributed by atoms with van der Waals surface area (Å²) in [6.45, 7) is 3.99. The number of aromatic nitrogens is 2. The topological polar surface area (TPSA) is 101 Å². The van der Waals surface area contributed by atoms with E-state index in [2.05, 4.69) is 20.2 Å². The van der Waals surface area contributed by atoms with E-state index in [1.807, 2.05) is 31.2 Å². The average molecular weight is 387 g/mol. The van der Waals surface area contributed by atoms with Crippen molar-refractivity contribution < 1.29 is 13.2 Å². The van der Waals surface area contributed by atoms with Crippen LogP contribution in [0.15, 0.2) is 33.5 Å². The number of carbonyl (C=O) groups excluding carboxylic acids is 1. The van der Waals surface area contributed by atoms with Gasteiger partial charge in [0.1, 0.15) is 0 Å². The van der Waals surface area contributed by atoms with Gasteiger partial charge in [-0.3, -0.25) is 4.79 Å². The Kier molecular flexibility index (Phi) is 6.72. The van der Waals surface area contributed by atoms with Crippen molar-refractivity contribution in [2.45, 2.75) is 29.5 Å². The van der Waals surface area contributed by atoms with E-state index >= 15 is 0 Å². The molecule has 1 amide bonds. The van der Waals surface area contributed by atoms with Crippen LogP contribution in [0.3, 0.4) is 0 Å². The summed E-state index contributed by atoms with van der Waals surface area (Å²) in [6.07, 6.45) is 0.288. The molecule has 10 heteroatoms. The van der Waals surface area contributed by atoms with Gasteiger partial charge in [-0.15, -0.1) is 22.0 Å². The van der Waals surface area contributed by atoms with Crippen molar-refractivity contribution in [3.63, 3.8) is 0 Å². The first-order valence-corrected chi connectivity index (χ1v) is 10.5. The van der Waals surface area contributed by atoms with Gasteiger partial charge >= 0.3 is 0 Å². The van der Waals surface area contributed by atoms with Crippen molar-refractivity contribution in [2.75, 3.05) is 17.6 Å². The van der Waals surface area contributed by atoms with Gasteiger partial charge in [0.05, 0.1) is 0 Å². The number of sulfonamides is 1. The van der Waals surface area contributed by atoms with Gasteiger partial charge in [0.25, 0.3) is 10.0 Å². The van der Waals surface area contributed by atoms with Crippen LogP contribution in [0.2, 0.25) is 0 Å². The third kappa shape index (κ3) is 5.55. The number of benzene rings is 1. The smallest absolute Gasteiger partial charge is 0.269 e. The van der Waals surface area contributed by atoms with Crippen molar-refractivity contribution >= 4 is 44.2 Å². The van der Waals surface area contributed by atoms with Gasteiger partial charge in [-0.2, -0.15) is 0 Å². The van der Waals surface area contributed by atoms with Crippen molar-refractivity contribution in [3.05, 3.63) is 29.8 Å². The molecule has 0 spiro atoms. The van der Waals surface area contributed by atoms with Gasteiger partial charge in [0.15, 0.2) is 0 Å². The summed E-state index contributed by atoms with van der Waals surface area (Å²) in [5.74, 6) is 0.359. The number of thioether (sulfide) groups is 1. The number of aryl methyl sites for hydroxylation is 1. The number of amides is 1. The normalized spacial score (nSPS) is 11.4. The zero-order valence-electron chi connectivity index (χ0n) is 13.3. The molecule has 24 heavy (non-hydrogen) atoms. The Morgan fingerprint density at radius 3 is 2.62 bits per heavy atom. The molecule has 0 bridgehead atoms. The van der Waals surface area contributed by atoms with Crippen molar-refractivity contribution in [1.29, 1.82) is 0 Å². The molecule has 0 fully saturated rings. The number of anilines is 1. The lowest BCUT2D eigenvalue weighted by Crippen LogP contribution is -2.25. The molecule has 0 aliphatic heterocycles. The molecule has 0 saturated heterocycles. The number of nitrogens with zero attached hydrogens (tertiary/aromatic N) is 2. The predicted octanol–water partition coefficient (Wildman–Crippen LogP) is 2.27. The number of rotatable bonds is 8. The molecule has 0 aliphatic rings. The first-order valence-electron chi connectivity index (χ1n) is 7.23. The van der Waals surface area contributed by atoms with Crippen LogP contribution in [0.5, 0.6) is 0 Å². The fourth-order valence-electron chi connectivity index (χ4n) is 1.62. The highest BCUT2D eigenvalue weighted by Gasteiger charge is 2.20. The molecule has 7 nitrogen and oxygen atoms in total. The van der Waals surface area contributed by atoms with E-state index in [9.17, 15) is 13.2 Å². The van der Waals surface area contributed by atoms with Crippen molar-refractivity contribution in [2.24, 2.45) is 0 Å². The summed E-state index contributed by atoms with van der Waals surface area (Å²) in [4.78, 5) is 12.4. The van der Waals surface area contributed by atoms with Crippen LogP contribution in [0.25, 0.3) is 0 Å². The van der Waals surface area contributed by atoms with Crippen LogP contribution in [-0.2, 0) is 14.8 Å². The Bertz CT molecular complexity index is 788. The summed E-state index contributed by atoms with van der Waals surface area (Å²) in [5.41, 5.74) is 1.18. The Morgan fingerprint density at radius 1 is 1.25 bits per heavy atom. The highest BCUT2D eigenvalue weighted by molar-refractivity contribution is 7.99. The standard InChI is InChI=1S/C14H18N4O3S3/c1-3-12(19)16-13-17-18-14(23-13)24(20,21)15-8-9-22-11-6-4-10(2)5-7-11/h4-7,15H,3,8-9H2,1-2H3,(H,16,17,19). The molecule has 1 aromatic carbocycles. The van der Waals surface area contributed by atoms with E-state index in [0.717, 1.165) is 16.2 Å². The SMILES string of the molecule is CCC(=O)Nc1nnc(S(=O)(=O)NCCSc2ccc(C)cc2)s1. The zero-order valence-corrected chi connectivity index (χ0v) is 15.7. The van der Waals surface area contributed by atoms with Gasteiger partial charge in [0, 0.05) is 23.6 Å². The van der Waals surface area contributed by atoms with Gasteiger partial charge in [-0.05, 0) is 19.1 Å². The first kappa shape index (κ1) is 18.8. The van der Waals surface area contributed by atoms with E-state index in [0.29, 0.717) is 5.75 Å². The minimum absolute atomic E-state index is 0.158.